The van der Waals surface area contributed by atoms with Gasteiger partial charge in [-0.25, -0.2) is 4.98 Å². The average Bonchev–Trinajstić information content (AvgIpc) is 2.76. The third-order valence-corrected chi connectivity index (χ3v) is 5.88. The van der Waals surface area contributed by atoms with Crippen LogP contribution in [-0.4, -0.2) is 32.8 Å². The molecule has 0 spiro atoms. The minimum atomic E-state index is -0.250. The van der Waals surface area contributed by atoms with Gasteiger partial charge in [0.1, 0.15) is 5.03 Å². The highest BCUT2D eigenvalue weighted by Gasteiger charge is 2.28. The molecule has 2 heterocycles. The van der Waals surface area contributed by atoms with E-state index in [1.165, 1.54) is 28.8 Å². The van der Waals surface area contributed by atoms with E-state index in [0.29, 0.717) is 0 Å². The Balaban J connectivity index is 2.02. The lowest BCUT2D eigenvalue weighted by molar-refractivity contribution is -0.137. The van der Waals surface area contributed by atoms with E-state index in [1.54, 1.807) is 27.8 Å². The molecule has 0 bridgehead atoms. The van der Waals surface area contributed by atoms with Crippen molar-refractivity contribution < 1.29 is 9.59 Å². The molecule has 1 aliphatic heterocycles. The second-order valence-electron chi connectivity index (χ2n) is 3.92. The molecule has 106 valence electrons. The van der Waals surface area contributed by atoms with Gasteiger partial charge in [-0.15, -0.1) is 11.8 Å². The van der Waals surface area contributed by atoms with Crippen LogP contribution in [0.5, 0.6) is 0 Å². The van der Waals surface area contributed by atoms with Crippen molar-refractivity contribution in [1.82, 2.24) is 9.88 Å². The highest BCUT2D eigenvalue weighted by molar-refractivity contribution is 8.76. The highest BCUT2D eigenvalue weighted by Crippen LogP contribution is 2.33. The van der Waals surface area contributed by atoms with Crippen molar-refractivity contribution in [2.45, 2.75) is 29.1 Å². The van der Waals surface area contributed by atoms with Gasteiger partial charge in [0.05, 0.1) is 5.37 Å². The topological polar surface area (TPSA) is 50.3 Å². The zero-order valence-corrected chi connectivity index (χ0v) is 13.6. The first-order chi connectivity index (χ1) is 9.61. The Labute approximate surface area is 130 Å². The van der Waals surface area contributed by atoms with Crippen LogP contribution in [-0.2, 0) is 9.59 Å². The van der Waals surface area contributed by atoms with Crippen molar-refractivity contribution in [2.75, 3.05) is 5.75 Å². The van der Waals surface area contributed by atoms with Crippen molar-refractivity contribution in [1.29, 1.82) is 0 Å². The number of hydrogen-bond donors (Lipinski definition) is 0. The maximum absolute atomic E-state index is 11.6. The summed E-state index contributed by atoms with van der Waals surface area (Å²) < 4.78 is 0. The van der Waals surface area contributed by atoms with Crippen molar-refractivity contribution in [2.24, 2.45) is 0 Å². The van der Waals surface area contributed by atoms with E-state index in [1.807, 2.05) is 19.1 Å². The Morgan fingerprint density at radius 2 is 2.00 bits per heavy atom. The van der Waals surface area contributed by atoms with E-state index < -0.39 is 0 Å². The molecule has 2 rings (SSSR count). The third-order valence-electron chi connectivity index (χ3n) is 2.48. The van der Waals surface area contributed by atoms with Crippen LogP contribution in [0.3, 0.4) is 0 Å². The summed E-state index contributed by atoms with van der Waals surface area (Å²) in [6.07, 6.45) is 4.37. The molecule has 20 heavy (non-hydrogen) atoms. The lowest BCUT2D eigenvalue weighted by Gasteiger charge is -2.21. The molecule has 2 amide bonds. The molecular formula is C13H14N2O2S3. The molecule has 1 aromatic rings. The van der Waals surface area contributed by atoms with E-state index in [9.17, 15) is 9.59 Å². The van der Waals surface area contributed by atoms with Gasteiger partial charge >= 0.3 is 0 Å². The lowest BCUT2D eigenvalue weighted by Crippen LogP contribution is -2.36. The summed E-state index contributed by atoms with van der Waals surface area (Å²) in [6.45, 7) is 3.94. The molecule has 7 heteroatoms. The average molecular weight is 326 g/mol. The van der Waals surface area contributed by atoms with Gasteiger partial charge in [0.2, 0.25) is 0 Å². The molecule has 1 unspecified atom stereocenters. The number of imide groups is 1. The predicted molar refractivity (Wildman–Crippen MR) is 84.5 cm³/mol. The number of carbonyl (C=O) groups is 2. The minimum absolute atomic E-state index is 0.232. The third kappa shape index (κ3) is 3.80. The summed E-state index contributed by atoms with van der Waals surface area (Å²) in [7, 11) is 3.36. The Bertz CT molecular complexity index is 530. The molecule has 0 aromatic carbocycles. The monoisotopic (exact) mass is 326 g/mol. The number of aromatic nitrogens is 1. The zero-order chi connectivity index (χ0) is 14.5. The quantitative estimate of drug-likeness (QED) is 0.454. The van der Waals surface area contributed by atoms with Crippen molar-refractivity contribution in [3.8, 4) is 0 Å². The molecule has 0 saturated carbocycles. The van der Waals surface area contributed by atoms with Crippen LogP contribution >= 0.6 is 33.3 Å². The molecule has 1 aliphatic rings. The van der Waals surface area contributed by atoms with E-state index in [0.717, 1.165) is 15.7 Å². The largest absolute Gasteiger partial charge is 0.269 e. The predicted octanol–water partition coefficient (Wildman–Crippen LogP) is 3.20. The highest BCUT2D eigenvalue weighted by atomic mass is 33.1. The fourth-order valence-corrected chi connectivity index (χ4v) is 4.26. The Morgan fingerprint density at radius 3 is 2.65 bits per heavy atom. The van der Waals surface area contributed by atoms with Crippen LogP contribution in [0.1, 0.15) is 13.8 Å². The van der Waals surface area contributed by atoms with E-state index in [-0.39, 0.29) is 17.2 Å². The zero-order valence-electron chi connectivity index (χ0n) is 11.1. The summed E-state index contributed by atoms with van der Waals surface area (Å²) in [6, 6.07) is 3.87. The number of hydrogen-bond acceptors (Lipinski definition) is 6. The molecule has 4 nitrogen and oxygen atoms in total. The number of pyridine rings is 1. The first kappa shape index (κ1) is 15.5. The molecular weight excluding hydrogens is 312 g/mol. The molecule has 0 aliphatic carbocycles. The summed E-state index contributed by atoms with van der Waals surface area (Å²) >= 11 is 1.48. The summed E-state index contributed by atoms with van der Waals surface area (Å²) in [5, 5.41) is 0.704. The smallest absolute Gasteiger partial charge is 0.254 e. The second kappa shape index (κ2) is 7.19. The number of carbonyl (C=O) groups excluding carboxylic acids is 2. The van der Waals surface area contributed by atoms with Crippen LogP contribution in [0.2, 0.25) is 0 Å². The van der Waals surface area contributed by atoms with Gasteiger partial charge in [0, 0.05) is 29.0 Å². The maximum atomic E-state index is 11.6. The molecule has 0 radical (unpaired) electrons. The summed E-state index contributed by atoms with van der Waals surface area (Å²) in [4.78, 5) is 29.8. The van der Waals surface area contributed by atoms with Gasteiger partial charge in [-0.05, 0) is 29.9 Å². The van der Waals surface area contributed by atoms with Gasteiger partial charge in [0.25, 0.3) is 11.8 Å². The molecule has 1 aromatic heterocycles. The van der Waals surface area contributed by atoms with E-state index in [4.69, 9.17) is 0 Å². The van der Waals surface area contributed by atoms with Gasteiger partial charge < -0.3 is 0 Å². The van der Waals surface area contributed by atoms with Crippen LogP contribution in [0.15, 0.2) is 40.4 Å². The van der Waals surface area contributed by atoms with E-state index >= 15 is 0 Å². The first-order valence-electron chi connectivity index (χ1n) is 6.09. The van der Waals surface area contributed by atoms with Crippen molar-refractivity contribution in [3.05, 3.63) is 30.5 Å². The van der Waals surface area contributed by atoms with Crippen LogP contribution in [0, 0.1) is 0 Å². The Kier molecular flexibility index (Phi) is 5.56. The van der Waals surface area contributed by atoms with Crippen LogP contribution < -0.4 is 0 Å². The SMILES string of the molecule is CCSSc1cc(SC(C)N2C(=O)C=CC2=O)ccn1. The summed E-state index contributed by atoms with van der Waals surface area (Å²) in [5.74, 6) is 0.517. The van der Waals surface area contributed by atoms with Gasteiger partial charge in [-0.2, -0.15) is 0 Å². The number of rotatable bonds is 6. The van der Waals surface area contributed by atoms with E-state index in [2.05, 4.69) is 11.9 Å². The first-order valence-corrected chi connectivity index (χ1v) is 9.29. The standard InChI is InChI=1S/C13H14N2O2S3/c1-3-18-20-11-8-10(6-7-14-11)19-9(2)15-12(16)4-5-13(15)17/h4-9H,3H2,1-2H3. The maximum Gasteiger partial charge on any atom is 0.254 e. The lowest BCUT2D eigenvalue weighted by atomic mass is 10.5. The number of amides is 2. The van der Waals surface area contributed by atoms with Gasteiger partial charge in [-0.1, -0.05) is 17.7 Å². The van der Waals surface area contributed by atoms with Crippen molar-refractivity contribution in [3.63, 3.8) is 0 Å². The normalized spacial score (nSPS) is 16.0. The Hall–Kier alpha value is -0.920. The van der Waals surface area contributed by atoms with Crippen LogP contribution in [0.4, 0.5) is 0 Å². The fourth-order valence-electron chi connectivity index (χ4n) is 1.65. The molecule has 0 N–H and O–H groups in total. The molecule has 1 atom stereocenters. The summed E-state index contributed by atoms with van der Waals surface area (Å²) in [5.41, 5.74) is 0. The molecule has 0 fully saturated rings. The van der Waals surface area contributed by atoms with Gasteiger partial charge in [-0.3, -0.25) is 14.5 Å². The Morgan fingerprint density at radius 1 is 1.30 bits per heavy atom. The second-order valence-corrected chi connectivity index (χ2v) is 7.91. The van der Waals surface area contributed by atoms with Gasteiger partial charge in [0.15, 0.2) is 0 Å². The number of nitrogens with zero attached hydrogens (tertiary/aromatic N) is 2. The fraction of sp³-hybridized carbons (Fsp3) is 0.308. The number of thioether (sulfide) groups is 1. The molecule has 0 saturated heterocycles. The van der Waals surface area contributed by atoms with Crippen LogP contribution in [0.25, 0.3) is 0 Å². The van der Waals surface area contributed by atoms with Crippen molar-refractivity contribution >= 4 is 45.2 Å². The minimum Gasteiger partial charge on any atom is -0.269 e.